The van der Waals surface area contributed by atoms with Crippen LogP contribution in [0.4, 0.5) is 25.8 Å². The van der Waals surface area contributed by atoms with Crippen LogP contribution in [-0.4, -0.2) is 19.0 Å². The second-order valence-corrected chi connectivity index (χ2v) is 5.86. The lowest BCUT2D eigenvalue weighted by Gasteiger charge is -2.10. The van der Waals surface area contributed by atoms with E-state index < -0.39 is 23.5 Å². The molecule has 1 amide bonds. The molecule has 0 heterocycles. The van der Waals surface area contributed by atoms with Crippen LogP contribution >= 0.6 is 0 Å². The molecule has 2 N–H and O–H groups in total. The highest BCUT2D eigenvalue weighted by molar-refractivity contribution is 6.04. The van der Waals surface area contributed by atoms with Crippen molar-refractivity contribution in [3.05, 3.63) is 89.5 Å². The molecule has 0 radical (unpaired) electrons. The third-order valence-electron chi connectivity index (χ3n) is 3.90. The number of nitrogens with one attached hydrogen (secondary N) is 2. The predicted molar refractivity (Wildman–Crippen MR) is 102 cm³/mol. The molecule has 3 rings (SSSR count). The molecule has 0 saturated carbocycles. The van der Waals surface area contributed by atoms with Crippen LogP contribution in [0.3, 0.4) is 0 Å². The van der Waals surface area contributed by atoms with Crippen molar-refractivity contribution in [1.29, 1.82) is 0 Å². The number of ether oxygens (including phenoxy) is 1. The maximum atomic E-state index is 13.2. The fraction of sp³-hybridized carbons (Fsp3) is 0.0476. The fourth-order valence-corrected chi connectivity index (χ4v) is 2.49. The minimum Gasteiger partial charge on any atom is -0.465 e. The van der Waals surface area contributed by atoms with Gasteiger partial charge < -0.3 is 15.4 Å². The van der Waals surface area contributed by atoms with Crippen LogP contribution in [0.1, 0.15) is 20.7 Å². The average molecular weight is 382 g/mol. The van der Waals surface area contributed by atoms with Crippen molar-refractivity contribution in [3.63, 3.8) is 0 Å². The van der Waals surface area contributed by atoms with Crippen LogP contribution in [0, 0.1) is 11.6 Å². The molecular weight excluding hydrogens is 366 g/mol. The van der Waals surface area contributed by atoms with Gasteiger partial charge in [0.05, 0.1) is 12.7 Å². The lowest BCUT2D eigenvalue weighted by atomic mass is 10.2. The molecule has 7 heteroatoms. The monoisotopic (exact) mass is 382 g/mol. The van der Waals surface area contributed by atoms with Gasteiger partial charge in [0.15, 0.2) is 11.6 Å². The average Bonchev–Trinajstić information content (AvgIpc) is 2.71. The van der Waals surface area contributed by atoms with Gasteiger partial charge in [-0.2, -0.15) is 0 Å². The van der Waals surface area contributed by atoms with E-state index in [2.05, 4.69) is 10.6 Å². The maximum absolute atomic E-state index is 13.2. The Balaban J connectivity index is 1.67. The summed E-state index contributed by atoms with van der Waals surface area (Å²) in [5.41, 5.74) is 2.35. The summed E-state index contributed by atoms with van der Waals surface area (Å²) >= 11 is 0. The summed E-state index contributed by atoms with van der Waals surface area (Å²) in [6.45, 7) is 0. The van der Waals surface area contributed by atoms with Crippen molar-refractivity contribution in [2.24, 2.45) is 0 Å². The zero-order chi connectivity index (χ0) is 20.1. The van der Waals surface area contributed by atoms with E-state index in [0.29, 0.717) is 16.9 Å². The Morgan fingerprint density at radius 1 is 0.786 bits per heavy atom. The number of carbonyl (C=O) groups is 2. The van der Waals surface area contributed by atoms with Gasteiger partial charge >= 0.3 is 5.97 Å². The lowest BCUT2D eigenvalue weighted by molar-refractivity contribution is 0.0600. The number of hydrogen-bond donors (Lipinski definition) is 2. The smallest absolute Gasteiger partial charge is 0.337 e. The minimum absolute atomic E-state index is 0.0146. The van der Waals surface area contributed by atoms with Gasteiger partial charge in [0.2, 0.25) is 0 Å². The van der Waals surface area contributed by atoms with Crippen molar-refractivity contribution in [2.45, 2.75) is 0 Å². The Morgan fingerprint density at radius 3 is 2.18 bits per heavy atom. The number of methoxy groups -OCH3 is 1. The highest BCUT2D eigenvalue weighted by Gasteiger charge is 2.10. The summed E-state index contributed by atoms with van der Waals surface area (Å²) in [4.78, 5) is 23.7. The summed E-state index contributed by atoms with van der Waals surface area (Å²) < 4.78 is 30.9. The van der Waals surface area contributed by atoms with Crippen LogP contribution in [0.2, 0.25) is 0 Å². The number of amides is 1. The third-order valence-corrected chi connectivity index (χ3v) is 3.90. The minimum atomic E-state index is -1.08. The quantitative estimate of drug-likeness (QED) is 0.625. The number of halogens is 2. The molecule has 142 valence electrons. The normalized spacial score (nSPS) is 10.2. The van der Waals surface area contributed by atoms with E-state index in [1.54, 1.807) is 48.5 Å². The van der Waals surface area contributed by atoms with Crippen molar-refractivity contribution < 1.29 is 23.1 Å². The first-order chi connectivity index (χ1) is 13.5. The van der Waals surface area contributed by atoms with E-state index in [-0.39, 0.29) is 5.56 Å². The molecule has 0 aliphatic rings. The predicted octanol–water partition coefficient (Wildman–Crippen LogP) is 4.75. The van der Waals surface area contributed by atoms with Crippen LogP contribution in [0.25, 0.3) is 0 Å². The standard InChI is InChI=1S/C21H16F2N2O3/c1-28-21(27)14-3-2-4-17(11-14)24-15-6-8-16(9-7-15)25-20(26)13-5-10-18(22)19(23)12-13/h2-12,24H,1H3,(H,25,26). The molecule has 0 bridgehead atoms. The van der Waals surface area contributed by atoms with Gasteiger partial charge in [-0.1, -0.05) is 6.07 Å². The third kappa shape index (κ3) is 4.50. The van der Waals surface area contributed by atoms with Gasteiger partial charge in [-0.3, -0.25) is 4.79 Å². The summed E-state index contributed by atoms with van der Waals surface area (Å²) in [7, 11) is 1.32. The van der Waals surface area contributed by atoms with Crippen molar-refractivity contribution in [3.8, 4) is 0 Å². The van der Waals surface area contributed by atoms with E-state index in [1.165, 1.54) is 13.2 Å². The van der Waals surface area contributed by atoms with Crippen molar-refractivity contribution >= 4 is 28.9 Å². The van der Waals surface area contributed by atoms with Crippen LogP contribution in [0.15, 0.2) is 66.7 Å². The molecule has 0 spiro atoms. The zero-order valence-electron chi connectivity index (χ0n) is 14.8. The molecular formula is C21H16F2N2O3. The molecule has 0 fully saturated rings. The number of benzene rings is 3. The molecule has 0 aromatic heterocycles. The Morgan fingerprint density at radius 2 is 1.50 bits per heavy atom. The highest BCUT2D eigenvalue weighted by atomic mass is 19.2. The first-order valence-corrected chi connectivity index (χ1v) is 8.28. The molecule has 5 nitrogen and oxygen atoms in total. The summed E-state index contributed by atoms with van der Waals surface area (Å²) in [6.07, 6.45) is 0. The van der Waals surface area contributed by atoms with Crippen LogP contribution in [0.5, 0.6) is 0 Å². The fourth-order valence-electron chi connectivity index (χ4n) is 2.49. The van der Waals surface area contributed by atoms with E-state index in [1.807, 2.05) is 0 Å². The molecule has 3 aromatic carbocycles. The SMILES string of the molecule is COC(=O)c1cccc(Nc2ccc(NC(=O)c3ccc(F)c(F)c3)cc2)c1. The Bertz CT molecular complexity index is 1020. The Kier molecular flexibility index (Phi) is 5.64. The zero-order valence-corrected chi connectivity index (χ0v) is 14.8. The van der Waals surface area contributed by atoms with Gasteiger partial charge in [-0.25, -0.2) is 13.6 Å². The van der Waals surface area contributed by atoms with Gasteiger partial charge in [0.1, 0.15) is 0 Å². The molecule has 0 aliphatic carbocycles. The summed E-state index contributed by atoms with van der Waals surface area (Å²) in [5, 5.41) is 5.75. The second-order valence-electron chi connectivity index (χ2n) is 5.86. The first kappa shape index (κ1) is 19.0. The van der Waals surface area contributed by atoms with Crippen molar-refractivity contribution in [1.82, 2.24) is 0 Å². The van der Waals surface area contributed by atoms with Gasteiger partial charge in [0.25, 0.3) is 5.91 Å². The van der Waals surface area contributed by atoms with E-state index >= 15 is 0 Å². The molecule has 3 aromatic rings. The van der Waals surface area contributed by atoms with Gasteiger partial charge in [-0.15, -0.1) is 0 Å². The number of carbonyl (C=O) groups excluding carboxylic acids is 2. The van der Waals surface area contributed by atoms with Gasteiger partial charge in [0, 0.05) is 22.6 Å². The molecule has 0 aliphatic heterocycles. The molecule has 28 heavy (non-hydrogen) atoms. The van der Waals surface area contributed by atoms with E-state index in [4.69, 9.17) is 4.74 Å². The lowest BCUT2D eigenvalue weighted by Crippen LogP contribution is -2.12. The van der Waals surface area contributed by atoms with Crippen LogP contribution < -0.4 is 10.6 Å². The number of esters is 1. The largest absolute Gasteiger partial charge is 0.465 e. The van der Waals surface area contributed by atoms with Crippen LogP contribution in [-0.2, 0) is 4.74 Å². The van der Waals surface area contributed by atoms with E-state index in [0.717, 1.165) is 17.8 Å². The summed E-state index contributed by atoms with van der Waals surface area (Å²) in [5.74, 6) is -3.08. The molecule has 0 unspecified atom stereocenters. The molecule has 0 saturated heterocycles. The number of anilines is 3. The number of hydrogen-bond acceptors (Lipinski definition) is 4. The second kappa shape index (κ2) is 8.30. The maximum Gasteiger partial charge on any atom is 0.337 e. The highest BCUT2D eigenvalue weighted by Crippen LogP contribution is 2.21. The number of rotatable bonds is 5. The Hall–Kier alpha value is -3.74. The van der Waals surface area contributed by atoms with E-state index in [9.17, 15) is 18.4 Å². The topological polar surface area (TPSA) is 67.4 Å². The summed E-state index contributed by atoms with van der Waals surface area (Å²) in [6, 6.07) is 16.5. The Labute approximate surface area is 160 Å². The van der Waals surface area contributed by atoms with Crippen molar-refractivity contribution in [2.75, 3.05) is 17.7 Å². The van der Waals surface area contributed by atoms with Gasteiger partial charge in [-0.05, 0) is 60.7 Å². The molecule has 0 atom stereocenters. The first-order valence-electron chi connectivity index (χ1n) is 8.28.